The summed E-state index contributed by atoms with van der Waals surface area (Å²) in [5, 5.41) is 11.5. The Kier molecular flexibility index (Phi) is 3.91. The van der Waals surface area contributed by atoms with E-state index in [1.807, 2.05) is 13.8 Å². The number of rotatable bonds is 6. The second kappa shape index (κ2) is 4.82. The average molecular weight is 228 g/mol. The van der Waals surface area contributed by atoms with Crippen LogP contribution in [0.2, 0.25) is 0 Å². The highest BCUT2D eigenvalue weighted by molar-refractivity contribution is 5.86. The Hall–Kier alpha value is -1.10. The fourth-order valence-corrected chi connectivity index (χ4v) is 1.64. The first-order valence-electron chi connectivity index (χ1n) is 5.64. The molecule has 0 aromatic carbocycles. The van der Waals surface area contributed by atoms with E-state index in [0.717, 1.165) is 12.8 Å². The molecule has 92 valence electrons. The number of hydrogen-bond acceptors (Lipinski definition) is 3. The molecule has 0 spiro atoms. The standard InChI is InChI=1S/C11H20N2O3/c1-7(2)8(5-9(14)15)13-10(16)11(6-12)3-4-11/h7-8H,3-6,12H2,1-2H3,(H,13,16)(H,14,15). The second-order valence-electron chi connectivity index (χ2n) is 4.91. The highest BCUT2D eigenvalue weighted by Gasteiger charge is 2.49. The molecule has 0 aliphatic heterocycles. The van der Waals surface area contributed by atoms with Crippen molar-refractivity contribution >= 4 is 11.9 Å². The molecule has 16 heavy (non-hydrogen) atoms. The highest BCUT2D eigenvalue weighted by Crippen LogP contribution is 2.44. The van der Waals surface area contributed by atoms with Gasteiger partial charge in [-0.15, -0.1) is 0 Å². The second-order valence-corrected chi connectivity index (χ2v) is 4.91. The van der Waals surface area contributed by atoms with Crippen LogP contribution in [0.1, 0.15) is 33.1 Å². The van der Waals surface area contributed by atoms with Gasteiger partial charge in [0.25, 0.3) is 0 Å². The van der Waals surface area contributed by atoms with Gasteiger partial charge in [0.2, 0.25) is 5.91 Å². The van der Waals surface area contributed by atoms with Crippen molar-refractivity contribution in [3.8, 4) is 0 Å². The molecular formula is C11H20N2O3. The van der Waals surface area contributed by atoms with Gasteiger partial charge in [0.1, 0.15) is 0 Å². The van der Waals surface area contributed by atoms with Gasteiger partial charge in [0.05, 0.1) is 11.8 Å². The van der Waals surface area contributed by atoms with Crippen LogP contribution >= 0.6 is 0 Å². The number of aliphatic carboxylic acids is 1. The summed E-state index contributed by atoms with van der Waals surface area (Å²) in [6, 6.07) is -0.311. The maximum Gasteiger partial charge on any atom is 0.305 e. The molecule has 1 rings (SSSR count). The van der Waals surface area contributed by atoms with Gasteiger partial charge >= 0.3 is 5.97 Å². The number of nitrogens with one attached hydrogen (secondary N) is 1. The lowest BCUT2D eigenvalue weighted by atomic mass is 9.98. The molecule has 0 aromatic rings. The highest BCUT2D eigenvalue weighted by atomic mass is 16.4. The minimum atomic E-state index is -0.892. The van der Waals surface area contributed by atoms with Crippen molar-refractivity contribution in [3.05, 3.63) is 0 Å². The molecule has 0 heterocycles. The Morgan fingerprint density at radius 1 is 1.44 bits per heavy atom. The van der Waals surface area contributed by atoms with E-state index in [1.165, 1.54) is 0 Å². The van der Waals surface area contributed by atoms with Gasteiger partial charge < -0.3 is 16.2 Å². The van der Waals surface area contributed by atoms with Crippen LogP contribution in [0.3, 0.4) is 0 Å². The van der Waals surface area contributed by atoms with Crippen molar-refractivity contribution < 1.29 is 14.7 Å². The Morgan fingerprint density at radius 2 is 2.00 bits per heavy atom. The van der Waals surface area contributed by atoms with E-state index in [9.17, 15) is 9.59 Å². The van der Waals surface area contributed by atoms with Gasteiger partial charge in [-0.25, -0.2) is 0 Å². The smallest absolute Gasteiger partial charge is 0.305 e. The Morgan fingerprint density at radius 3 is 2.31 bits per heavy atom. The van der Waals surface area contributed by atoms with Gasteiger partial charge in [-0.2, -0.15) is 0 Å². The summed E-state index contributed by atoms with van der Waals surface area (Å²) >= 11 is 0. The van der Waals surface area contributed by atoms with E-state index in [-0.39, 0.29) is 24.3 Å². The summed E-state index contributed by atoms with van der Waals surface area (Å²) in [5.74, 6) is -0.875. The maximum absolute atomic E-state index is 11.9. The van der Waals surface area contributed by atoms with Crippen molar-refractivity contribution in [2.24, 2.45) is 17.1 Å². The number of nitrogens with two attached hydrogens (primary N) is 1. The summed E-state index contributed by atoms with van der Waals surface area (Å²) < 4.78 is 0. The summed E-state index contributed by atoms with van der Waals surface area (Å²) in [4.78, 5) is 22.5. The first-order valence-corrected chi connectivity index (χ1v) is 5.64. The summed E-state index contributed by atoms with van der Waals surface area (Å²) in [6.45, 7) is 4.14. The molecule has 1 amide bonds. The largest absolute Gasteiger partial charge is 0.481 e. The van der Waals surface area contributed by atoms with Crippen LogP contribution in [0.25, 0.3) is 0 Å². The molecule has 0 bridgehead atoms. The van der Waals surface area contributed by atoms with Crippen LogP contribution in [0.15, 0.2) is 0 Å². The van der Waals surface area contributed by atoms with Gasteiger partial charge in [-0.3, -0.25) is 9.59 Å². The van der Waals surface area contributed by atoms with E-state index >= 15 is 0 Å². The van der Waals surface area contributed by atoms with Gasteiger partial charge in [-0.1, -0.05) is 13.8 Å². The lowest BCUT2D eigenvalue weighted by Crippen LogP contribution is -2.45. The lowest BCUT2D eigenvalue weighted by molar-refractivity contribution is -0.138. The average Bonchev–Trinajstić information content (AvgIpc) is 2.96. The predicted octanol–water partition coefficient (Wildman–Crippen LogP) is 0.341. The van der Waals surface area contributed by atoms with Gasteiger partial charge in [0, 0.05) is 12.6 Å². The van der Waals surface area contributed by atoms with Crippen LogP contribution in [0.5, 0.6) is 0 Å². The summed E-state index contributed by atoms with van der Waals surface area (Å²) in [7, 11) is 0. The topological polar surface area (TPSA) is 92.4 Å². The number of carbonyl (C=O) groups is 2. The zero-order chi connectivity index (χ0) is 12.3. The molecule has 1 saturated carbocycles. The minimum Gasteiger partial charge on any atom is -0.481 e. The molecule has 1 aliphatic carbocycles. The van der Waals surface area contributed by atoms with Crippen molar-refractivity contribution in [1.82, 2.24) is 5.32 Å². The summed E-state index contributed by atoms with van der Waals surface area (Å²) in [6.07, 6.45) is 1.59. The number of carboxylic acid groups (broad SMARTS) is 1. The number of carbonyl (C=O) groups excluding carboxylic acids is 1. The lowest BCUT2D eigenvalue weighted by Gasteiger charge is -2.23. The van der Waals surface area contributed by atoms with Gasteiger partial charge in [0.15, 0.2) is 0 Å². The third-order valence-corrected chi connectivity index (χ3v) is 3.24. The molecule has 5 heteroatoms. The molecule has 0 saturated heterocycles. The van der Waals surface area contributed by atoms with Crippen LogP contribution in [0, 0.1) is 11.3 Å². The molecule has 4 N–H and O–H groups in total. The van der Waals surface area contributed by atoms with Crippen LogP contribution < -0.4 is 11.1 Å². The molecule has 0 aromatic heterocycles. The molecule has 1 atom stereocenters. The molecular weight excluding hydrogens is 208 g/mol. The number of hydrogen-bond donors (Lipinski definition) is 3. The Balaban J connectivity index is 2.55. The van der Waals surface area contributed by atoms with E-state index in [1.54, 1.807) is 0 Å². The minimum absolute atomic E-state index is 0.0376. The third-order valence-electron chi connectivity index (χ3n) is 3.24. The first-order chi connectivity index (χ1) is 7.41. The van der Waals surface area contributed by atoms with E-state index in [2.05, 4.69) is 5.32 Å². The quantitative estimate of drug-likeness (QED) is 0.611. The monoisotopic (exact) mass is 228 g/mol. The molecule has 1 aliphatic rings. The molecule has 1 unspecified atom stereocenters. The van der Waals surface area contributed by atoms with Crippen molar-refractivity contribution in [2.45, 2.75) is 39.2 Å². The van der Waals surface area contributed by atoms with Crippen molar-refractivity contribution in [1.29, 1.82) is 0 Å². The Labute approximate surface area is 95.4 Å². The zero-order valence-corrected chi connectivity index (χ0v) is 9.82. The van der Waals surface area contributed by atoms with Gasteiger partial charge in [-0.05, 0) is 18.8 Å². The first kappa shape index (κ1) is 13.0. The molecule has 5 nitrogen and oxygen atoms in total. The van der Waals surface area contributed by atoms with Crippen LogP contribution in [0.4, 0.5) is 0 Å². The normalized spacial score (nSPS) is 19.2. The van der Waals surface area contributed by atoms with E-state index < -0.39 is 11.4 Å². The van der Waals surface area contributed by atoms with Crippen LogP contribution in [-0.2, 0) is 9.59 Å². The number of carboxylic acids is 1. The zero-order valence-electron chi connectivity index (χ0n) is 9.82. The van der Waals surface area contributed by atoms with Crippen molar-refractivity contribution in [3.63, 3.8) is 0 Å². The van der Waals surface area contributed by atoms with Crippen molar-refractivity contribution in [2.75, 3.05) is 6.54 Å². The Bertz CT molecular complexity index is 285. The third kappa shape index (κ3) is 2.95. The SMILES string of the molecule is CC(C)C(CC(=O)O)NC(=O)C1(CN)CC1. The maximum atomic E-state index is 11.9. The fourth-order valence-electron chi connectivity index (χ4n) is 1.64. The molecule has 0 radical (unpaired) electrons. The predicted molar refractivity (Wildman–Crippen MR) is 59.7 cm³/mol. The fraction of sp³-hybridized carbons (Fsp3) is 0.818. The van der Waals surface area contributed by atoms with E-state index in [4.69, 9.17) is 10.8 Å². The van der Waals surface area contributed by atoms with Crippen LogP contribution in [-0.4, -0.2) is 29.6 Å². The van der Waals surface area contributed by atoms with E-state index in [0.29, 0.717) is 6.54 Å². The molecule has 1 fully saturated rings. The summed E-state index contributed by atoms with van der Waals surface area (Å²) in [5.41, 5.74) is 5.13. The number of amides is 1.